The molecule has 1 saturated heterocycles. The topological polar surface area (TPSA) is 66.5 Å². The SMILES string of the molecule is CCc1ccc(Cl)c(CC)c1NC(=O)c1ccc(Cl)c(S(=O)(=O)N2CCCCC2)c1. The van der Waals surface area contributed by atoms with Crippen LogP contribution in [0.5, 0.6) is 0 Å². The number of benzene rings is 2. The summed E-state index contributed by atoms with van der Waals surface area (Å²) in [4.78, 5) is 13.0. The molecule has 5 nitrogen and oxygen atoms in total. The zero-order valence-corrected chi connectivity index (χ0v) is 19.5. The number of hydrogen-bond donors (Lipinski definition) is 1. The highest BCUT2D eigenvalue weighted by atomic mass is 35.5. The lowest BCUT2D eigenvalue weighted by molar-refractivity contribution is 0.102. The van der Waals surface area contributed by atoms with Gasteiger partial charge in [0, 0.05) is 29.4 Å². The van der Waals surface area contributed by atoms with E-state index in [4.69, 9.17) is 23.2 Å². The highest BCUT2D eigenvalue weighted by Crippen LogP contribution is 2.31. The molecule has 0 saturated carbocycles. The Morgan fingerprint density at radius 3 is 2.30 bits per heavy atom. The molecular formula is C22H26Cl2N2O3S. The lowest BCUT2D eigenvalue weighted by Crippen LogP contribution is -2.35. The summed E-state index contributed by atoms with van der Waals surface area (Å²) < 4.78 is 27.6. The van der Waals surface area contributed by atoms with Gasteiger partial charge in [0.15, 0.2) is 0 Å². The third-order valence-electron chi connectivity index (χ3n) is 5.44. The van der Waals surface area contributed by atoms with Gasteiger partial charge in [-0.1, -0.05) is 49.5 Å². The van der Waals surface area contributed by atoms with Crippen LogP contribution in [0.4, 0.5) is 5.69 Å². The van der Waals surface area contributed by atoms with Gasteiger partial charge in [0.2, 0.25) is 10.0 Å². The molecule has 1 aliphatic heterocycles. The molecule has 8 heteroatoms. The van der Waals surface area contributed by atoms with Crippen LogP contribution in [0.15, 0.2) is 35.2 Å². The van der Waals surface area contributed by atoms with E-state index in [0.717, 1.165) is 36.8 Å². The first-order chi connectivity index (χ1) is 14.3. The molecule has 0 bridgehead atoms. The van der Waals surface area contributed by atoms with E-state index in [1.54, 1.807) is 0 Å². The van der Waals surface area contributed by atoms with Gasteiger partial charge in [0.05, 0.1) is 5.02 Å². The predicted molar refractivity (Wildman–Crippen MR) is 122 cm³/mol. The van der Waals surface area contributed by atoms with Crippen molar-refractivity contribution in [1.82, 2.24) is 4.31 Å². The Morgan fingerprint density at radius 1 is 1.00 bits per heavy atom. The summed E-state index contributed by atoms with van der Waals surface area (Å²) in [7, 11) is -3.75. The molecule has 1 aliphatic rings. The summed E-state index contributed by atoms with van der Waals surface area (Å²) in [6, 6.07) is 8.09. The summed E-state index contributed by atoms with van der Waals surface area (Å²) in [6.45, 7) is 4.92. The van der Waals surface area contributed by atoms with E-state index < -0.39 is 15.9 Å². The molecule has 0 atom stereocenters. The van der Waals surface area contributed by atoms with Crippen LogP contribution in [-0.2, 0) is 22.9 Å². The molecule has 0 radical (unpaired) electrons. The second-order valence-corrected chi connectivity index (χ2v) is 10.1. The average molecular weight is 469 g/mol. The van der Waals surface area contributed by atoms with Gasteiger partial charge in [-0.25, -0.2) is 8.42 Å². The molecule has 0 spiro atoms. The number of sulfonamides is 1. The molecule has 2 aromatic rings. The lowest BCUT2D eigenvalue weighted by Gasteiger charge is -2.26. The molecule has 162 valence electrons. The van der Waals surface area contributed by atoms with Crippen LogP contribution in [0, 0.1) is 0 Å². The molecule has 0 aromatic heterocycles. The van der Waals surface area contributed by atoms with Gasteiger partial charge in [0.25, 0.3) is 5.91 Å². The molecular weight excluding hydrogens is 443 g/mol. The number of anilines is 1. The third kappa shape index (κ3) is 4.67. The van der Waals surface area contributed by atoms with Gasteiger partial charge < -0.3 is 5.32 Å². The minimum Gasteiger partial charge on any atom is -0.321 e. The predicted octanol–water partition coefficient (Wildman–Crippen LogP) is 5.55. The molecule has 0 unspecified atom stereocenters. The summed E-state index contributed by atoms with van der Waals surface area (Å²) in [5, 5.41) is 3.65. The first-order valence-corrected chi connectivity index (χ1v) is 12.4. The van der Waals surface area contributed by atoms with E-state index in [0.29, 0.717) is 30.2 Å². The lowest BCUT2D eigenvalue weighted by atomic mass is 10.0. The summed E-state index contributed by atoms with van der Waals surface area (Å²) in [6.07, 6.45) is 4.06. The number of hydrogen-bond acceptors (Lipinski definition) is 3. The van der Waals surface area contributed by atoms with Crippen molar-refractivity contribution in [2.75, 3.05) is 18.4 Å². The second-order valence-electron chi connectivity index (χ2n) is 7.33. The number of amides is 1. The number of aryl methyl sites for hydroxylation is 1. The van der Waals surface area contributed by atoms with Crippen LogP contribution in [0.3, 0.4) is 0 Å². The van der Waals surface area contributed by atoms with Crippen molar-refractivity contribution in [2.45, 2.75) is 50.8 Å². The Bertz CT molecular complexity index is 1050. The van der Waals surface area contributed by atoms with Gasteiger partial charge in [0.1, 0.15) is 4.90 Å². The van der Waals surface area contributed by atoms with Crippen molar-refractivity contribution < 1.29 is 13.2 Å². The van der Waals surface area contributed by atoms with Crippen LogP contribution in [-0.4, -0.2) is 31.7 Å². The third-order valence-corrected chi connectivity index (χ3v) is 8.18. The Hall–Kier alpha value is -1.60. The molecule has 0 aliphatic carbocycles. The molecule has 30 heavy (non-hydrogen) atoms. The van der Waals surface area contributed by atoms with Gasteiger partial charge in [-0.05, 0) is 61.1 Å². The Labute approximate surface area is 188 Å². The van der Waals surface area contributed by atoms with Gasteiger partial charge in [-0.3, -0.25) is 4.79 Å². The summed E-state index contributed by atoms with van der Waals surface area (Å²) >= 11 is 12.6. The molecule has 2 aromatic carbocycles. The number of nitrogens with zero attached hydrogens (tertiary/aromatic N) is 1. The van der Waals surface area contributed by atoms with Crippen molar-refractivity contribution in [1.29, 1.82) is 0 Å². The molecule has 1 fully saturated rings. The van der Waals surface area contributed by atoms with Crippen LogP contribution in [0.1, 0.15) is 54.6 Å². The standard InChI is InChI=1S/C22H26Cl2N2O3S/c1-3-15-8-10-18(23)17(4-2)21(15)25-22(27)16-9-11-19(24)20(14-16)30(28,29)26-12-6-5-7-13-26/h8-11,14H,3-7,12-13H2,1-2H3,(H,25,27). The summed E-state index contributed by atoms with van der Waals surface area (Å²) in [5.41, 5.74) is 2.76. The van der Waals surface area contributed by atoms with Gasteiger partial charge >= 0.3 is 0 Å². The zero-order valence-electron chi connectivity index (χ0n) is 17.2. The van der Waals surface area contributed by atoms with E-state index in [9.17, 15) is 13.2 Å². The fraction of sp³-hybridized carbons (Fsp3) is 0.409. The average Bonchev–Trinajstić information content (AvgIpc) is 2.75. The van der Waals surface area contributed by atoms with Crippen molar-refractivity contribution in [3.05, 3.63) is 57.1 Å². The minimum absolute atomic E-state index is 0.0313. The molecule has 3 rings (SSSR count). The summed E-state index contributed by atoms with van der Waals surface area (Å²) in [5.74, 6) is -0.395. The van der Waals surface area contributed by atoms with Crippen molar-refractivity contribution in [2.24, 2.45) is 0 Å². The Balaban J connectivity index is 1.96. The molecule has 1 heterocycles. The Morgan fingerprint density at radius 2 is 1.67 bits per heavy atom. The van der Waals surface area contributed by atoms with Crippen LogP contribution < -0.4 is 5.32 Å². The quantitative estimate of drug-likeness (QED) is 0.604. The first-order valence-electron chi connectivity index (χ1n) is 10.2. The Kier molecular flexibility index (Phi) is 7.45. The number of rotatable bonds is 6. The van der Waals surface area contributed by atoms with E-state index in [1.807, 2.05) is 26.0 Å². The molecule has 1 amide bonds. The second kappa shape index (κ2) is 9.69. The minimum atomic E-state index is -3.75. The normalized spacial score (nSPS) is 15.2. The highest BCUT2D eigenvalue weighted by molar-refractivity contribution is 7.89. The van der Waals surface area contributed by atoms with E-state index in [-0.39, 0.29) is 15.5 Å². The highest BCUT2D eigenvalue weighted by Gasteiger charge is 2.29. The number of piperidine rings is 1. The number of carbonyl (C=O) groups is 1. The number of nitrogens with one attached hydrogen (secondary N) is 1. The van der Waals surface area contributed by atoms with Crippen LogP contribution in [0.25, 0.3) is 0 Å². The van der Waals surface area contributed by atoms with Crippen molar-refractivity contribution >= 4 is 44.8 Å². The van der Waals surface area contributed by atoms with E-state index in [2.05, 4.69) is 5.32 Å². The van der Waals surface area contributed by atoms with E-state index in [1.165, 1.54) is 22.5 Å². The number of halogens is 2. The van der Waals surface area contributed by atoms with Gasteiger partial charge in [-0.15, -0.1) is 0 Å². The van der Waals surface area contributed by atoms with Gasteiger partial charge in [-0.2, -0.15) is 4.31 Å². The first kappa shape index (κ1) is 23.1. The zero-order chi connectivity index (χ0) is 21.9. The number of carbonyl (C=O) groups excluding carboxylic acids is 1. The van der Waals surface area contributed by atoms with Crippen LogP contribution in [0.2, 0.25) is 10.0 Å². The maximum Gasteiger partial charge on any atom is 0.255 e. The monoisotopic (exact) mass is 468 g/mol. The maximum atomic E-state index is 13.1. The molecule has 1 N–H and O–H groups in total. The van der Waals surface area contributed by atoms with Crippen molar-refractivity contribution in [3.8, 4) is 0 Å². The maximum absolute atomic E-state index is 13.1. The largest absolute Gasteiger partial charge is 0.321 e. The van der Waals surface area contributed by atoms with Crippen molar-refractivity contribution in [3.63, 3.8) is 0 Å². The van der Waals surface area contributed by atoms with E-state index >= 15 is 0 Å². The smallest absolute Gasteiger partial charge is 0.255 e. The fourth-order valence-corrected chi connectivity index (χ4v) is 6.05. The fourth-order valence-electron chi connectivity index (χ4n) is 3.74. The van der Waals surface area contributed by atoms with Crippen LogP contribution >= 0.6 is 23.2 Å².